The molecule has 1 unspecified atom stereocenters. The van der Waals surface area contributed by atoms with Crippen LogP contribution < -0.4 is 5.32 Å². The molecule has 0 spiro atoms. The van der Waals surface area contributed by atoms with E-state index in [-0.39, 0.29) is 11.5 Å². The van der Waals surface area contributed by atoms with Gasteiger partial charge in [0.25, 0.3) is 0 Å². The molecule has 4 nitrogen and oxygen atoms in total. The first-order chi connectivity index (χ1) is 8.74. The minimum atomic E-state index is -0.308. The summed E-state index contributed by atoms with van der Waals surface area (Å²) in [6.45, 7) is 9.84. The number of nitrogens with zero attached hydrogens (tertiary/aromatic N) is 2. The van der Waals surface area contributed by atoms with E-state index in [0.717, 1.165) is 28.7 Å². The van der Waals surface area contributed by atoms with Crippen molar-refractivity contribution in [3.05, 3.63) is 15.9 Å². The monoisotopic (exact) mass is 331 g/mol. The molecule has 0 aliphatic heterocycles. The predicted molar refractivity (Wildman–Crippen MR) is 82.1 cm³/mol. The predicted octanol–water partition coefficient (Wildman–Crippen LogP) is 2.63. The van der Waals surface area contributed by atoms with Crippen LogP contribution in [0.3, 0.4) is 0 Å². The van der Waals surface area contributed by atoms with E-state index in [9.17, 15) is 5.11 Å². The molecule has 0 aliphatic carbocycles. The molecule has 1 aromatic heterocycles. The molecule has 0 saturated heterocycles. The molecule has 1 rings (SSSR count). The smallest absolute Gasteiger partial charge is 0.0767 e. The van der Waals surface area contributed by atoms with Gasteiger partial charge in [0.05, 0.1) is 22.0 Å². The molecule has 2 N–H and O–H groups in total. The van der Waals surface area contributed by atoms with Crippen LogP contribution in [0.15, 0.2) is 4.47 Å². The first-order valence-corrected chi connectivity index (χ1v) is 7.63. The summed E-state index contributed by atoms with van der Waals surface area (Å²) in [6.07, 6.45) is 1.41. The van der Waals surface area contributed by atoms with Crippen molar-refractivity contribution < 1.29 is 5.11 Å². The summed E-state index contributed by atoms with van der Waals surface area (Å²) in [5.41, 5.74) is 2.36. The van der Waals surface area contributed by atoms with E-state index in [1.165, 1.54) is 0 Å². The molecule has 0 aromatic carbocycles. The Hall–Kier alpha value is -0.390. The lowest BCUT2D eigenvalue weighted by Crippen LogP contribution is -2.30. The van der Waals surface area contributed by atoms with Crippen molar-refractivity contribution in [3.63, 3.8) is 0 Å². The van der Waals surface area contributed by atoms with E-state index in [4.69, 9.17) is 0 Å². The highest BCUT2D eigenvalue weighted by Crippen LogP contribution is 2.22. The molecular formula is C14H26BrN3O. The second kappa shape index (κ2) is 6.86. The Labute approximate surface area is 124 Å². The number of aliphatic hydroxyl groups is 1. The van der Waals surface area contributed by atoms with Gasteiger partial charge in [-0.1, -0.05) is 27.7 Å². The average Bonchev–Trinajstić information content (AvgIpc) is 2.53. The van der Waals surface area contributed by atoms with Gasteiger partial charge in [0.15, 0.2) is 0 Å². The highest BCUT2D eigenvalue weighted by molar-refractivity contribution is 9.10. The highest BCUT2D eigenvalue weighted by atomic mass is 79.9. The molecule has 19 heavy (non-hydrogen) atoms. The molecule has 1 aromatic rings. The van der Waals surface area contributed by atoms with Crippen LogP contribution in [0, 0.1) is 5.41 Å². The van der Waals surface area contributed by atoms with E-state index in [2.05, 4.69) is 54.0 Å². The largest absolute Gasteiger partial charge is 0.392 e. The van der Waals surface area contributed by atoms with Crippen LogP contribution in [0.1, 0.15) is 45.5 Å². The minimum absolute atomic E-state index is 0.156. The summed E-state index contributed by atoms with van der Waals surface area (Å²) in [5, 5.41) is 17.7. The Balaban J connectivity index is 2.48. The van der Waals surface area contributed by atoms with Crippen molar-refractivity contribution in [2.45, 2.75) is 53.2 Å². The number of hydrogen-bond acceptors (Lipinski definition) is 3. The van der Waals surface area contributed by atoms with Gasteiger partial charge >= 0.3 is 0 Å². The van der Waals surface area contributed by atoms with Crippen LogP contribution in [-0.2, 0) is 20.0 Å². The maximum absolute atomic E-state index is 9.96. The summed E-state index contributed by atoms with van der Waals surface area (Å²) in [7, 11) is 1.95. The first kappa shape index (κ1) is 16.7. The van der Waals surface area contributed by atoms with Crippen LogP contribution in [-0.4, -0.2) is 27.5 Å². The first-order valence-electron chi connectivity index (χ1n) is 6.83. The molecular weight excluding hydrogens is 306 g/mol. The van der Waals surface area contributed by atoms with E-state index >= 15 is 0 Å². The number of rotatable bonds is 6. The number of aliphatic hydroxyl groups excluding tert-OH is 1. The van der Waals surface area contributed by atoms with Gasteiger partial charge in [0.1, 0.15) is 0 Å². The quantitative estimate of drug-likeness (QED) is 0.842. The van der Waals surface area contributed by atoms with Crippen LogP contribution in [0.2, 0.25) is 0 Å². The van der Waals surface area contributed by atoms with E-state index < -0.39 is 0 Å². The van der Waals surface area contributed by atoms with Crippen molar-refractivity contribution in [2.24, 2.45) is 12.5 Å². The van der Waals surface area contributed by atoms with E-state index in [1.807, 2.05) is 11.7 Å². The average molecular weight is 332 g/mol. The fraction of sp³-hybridized carbons (Fsp3) is 0.786. The normalized spacial score (nSPS) is 13.8. The van der Waals surface area contributed by atoms with Gasteiger partial charge < -0.3 is 10.4 Å². The number of nitrogens with one attached hydrogen (secondary N) is 1. The second-order valence-corrected chi connectivity index (χ2v) is 7.03. The topological polar surface area (TPSA) is 50.1 Å². The summed E-state index contributed by atoms with van der Waals surface area (Å²) in [6, 6.07) is 0. The molecule has 0 aliphatic rings. The lowest BCUT2D eigenvalue weighted by atomic mass is 9.89. The summed E-state index contributed by atoms with van der Waals surface area (Å²) in [5.74, 6) is 0. The Morgan fingerprint density at radius 3 is 2.53 bits per heavy atom. The fourth-order valence-electron chi connectivity index (χ4n) is 2.15. The van der Waals surface area contributed by atoms with Crippen LogP contribution in [0.5, 0.6) is 0 Å². The maximum atomic E-state index is 9.96. The SMILES string of the molecule is CCc1nn(C)c(CNCC(O)CC(C)(C)C)c1Br. The van der Waals surface area contributed by atoms with E-state index in [1.54, 1.807) is 0 Å². The summed E-state index contributed by atoms with van der Waals surface area (Å²) >= 11 is 3.59. The van der Waals surface area contributed by atoms with Crippen LogP contribution >= 0.6 is 15.9 Å². The number of aryl methyl sites for hydroxylation is 2. The number of hydrogen-bond donors (Lipinski definition) is 2. The second-order valence-electron chi connectivity index (χ2n) is 6.23. The zero-order valence-electron chi connectivity index (χ0n) is 12.6. The van der Waals surface area contributed by atoms with Crippen LogP contribution in [0.25, 0.3) is 0 Å². The molecule has 1 atom stereocenters. The maximum Gasteiger partial charge on any atom is 0.0767 e. The molecule has 1 heterocycles. The van der Waals surface area contributed by atoms with Gasteiger partial charge in [-0.2, -0.15) is 5.10 Å². The Morgan fingerprint density at radius 1 is 1.42 bits per heavy atom. The highest BCUT2D eigenvalue weighted by Gasteiger charge is 2.17. The third-order valence-corrected chi connectivity index (χ3v) is 3.94. The summed E-state index contributed by atoms with van der Waals surface area (Å²) in [4.78, 5) is 0. The number of aromatic nitrogens is 2. The van der Waals surface area contributed by atoms with Crippen molar-refractivity contribution >= 4 is 15.9 Å². The van der Waals surface area contributed by atoms with Crippen molar-refractivity contribution in [3.8, 4) is 0 Å². The molecule has 0 bridgehead atoms. The van der Waals surface area contributed by atoms with Gasteiger partial charge in [-0.3, -0.25) is 4.68 Å². The summed E-state index contributed by atoms with van der Waals surface area (Å²) < 4.78 is 2.97. The van der Waals surface area contributed by atoms with Crippen molar-refractivity contribution in [2.75, 3.05) is 6.54 Å². The Morgan fingerprint density at radius 2 is 2.05 bits per heavy atom. The van der Waals surface area contributed by atoms with Gasteiger partial charge in [-0.15, -0.1) is 0 Å². The zero-order chi connectivity index (χ0) is 14.6. The van der Waals surface area contributed by atoms with Crippen molar-refractivity contribution in [1.82, 2.24) is 15.1 Å². The Bertz CT molecular complexity index is 410. The molecule has 5 heteroatoms. The lowest BCUT2D eigenvalue weighted by Gasteiger charge is -2.22. The molecule has 110 valence electrons. The Kier molecular flexibility index (Phi) is 6.02. The standard InChI is InChI=1S/C14H26BrN3O/c1-6-11-13(15)12(18(5)17-11)9-16-8-10(19)7-14(2,3)4/h10,16,19H,6-9H2,1-5H3. The van der Waals surface area contributed by atoms with Crippen molar-refractivity contribution in [1.29, 1.82) is 0 Å². The van der Waals surface area contributed by atoms with Gasteiger partial charge in [0, 0.05) is 20.1 Å². The minimum Gasteiger partial charge on any atom is -0.392 e. The lowest BCUT2D eigenvalue weighted by molar-refractivity contribution is 0.119. The number of halogens is 1. The molecule has 0 amide bonds. The van der Waals surface area contributed by atoms with Gasteiger partial charge in [0.2, 0.25) is 0 Å². The zero-order valence-corrected chi connectivity index (χ0v) is 14.2. The van der Waals surface area contributed by atoms with Gasteiger partial charge in [-0.25, -0.2) is 0 Å². The third kappa shape index (κ3) is 5.24. The van der Waals surface area contributed by atoms with Crippen LogP contribution in [0.4, 0.5) is 0 Å². The molecule has 0 fully saturated rings. The molecule has 0 saturated carbocycles. The fourth-order valence-corrected chi connectivity index (χ4v) is 2.90. The van der Waals surface area contributed by atoms with Gasteiger partial charge in [-0.05, 0) is 34.2 Å². The van der Waals surface area contributed by atoms with E-state index in [0.29, 0.717) is 13.1 Å². The molecule has 0 radical (unpaired) electrons. The third-order valence-electron chi connectivity index (χ3n) is 3.02.